The van der Waals surface area contributed by atoms with Crippen molar-refractivity contribution >= 4 is 5.97 Å². The third kappa shape index (κ3) is 3.97. The Hall–Kier alpha value is -1.55. The summed E-state index contributed by atoms with van der Waals surface area (Å²) in [6.07, 6.45) is 1.58. The van der Waals surface area contributed by atoms with E-state index in [-0.39, 0.29) is 11.5 Å². The second-order valence-corrected chi connectivity index (χ2v) is 6.24. The van der Waals surface area contributed by atoms with Gasteiger partial charge in [0, 0.05) is 0 Å². The fraction of sp³-hybridized carbons (Fsp3) is 0.588. The normalized spacial score (nSPS) is 22.2. The van der Waals surface area contributed by atoms with Gasteiger partial charge in [-0.2, -0.15) is 0 Å². The third-order valence-corrected chi connectivity index (χ3v) is 4.34. The molecule has 0 aromatic heterocycles. The second kappa shape index (κ2) is 6.48. The molecule has 2 atom stereocenters. The van der Waals surface area contributed by atoms with Crippen LogP contribution in [0.4, 0.5) is 0 Å². The van der Waals surface area contributed by atoms with Gasteiger partial charge in [0.1, 0.15) is 12.4 Å². The van der Waals surface area contributed by atoms with E-state index in [1.165, 1.54) is 5.56 Å². The molecule has 1 aliphatic rings. The molecule has 116 valence electrons. The van der Waals surface area contributed by atoms with Gasteiger partial charge in [0.05, 0.1) is 6.10 Å². The molecular weight excluding hydrogens is 268 g/mol. The van der Waals surface area contributed by atoms with Crippen LogP contribution < -0.4 is 4.74 Å². The maximum atomic E-state index is 10.8. The fourth-order valence-electron chi connectivity index (χ4n) is 2.41. The van der Waals surface area contributed by atoms with Crippen LogP contribution in [0.1, 0.15) is 45.6 Å². The molecule has 1 heterocycles. The molecule has 0 aliphatic carbocycles. The number of hydrogen-bond donors (Lipinski definition) is 1. The lowest BCUT2D eigenvalue weighted by Crippen LogP contribution is -2.23. The van der Waals surface area contributed by atoms with E-state index in [0.717, 1.165) is 18.6 Å². The first-order valence-corrected chi connectivity index (χ1v) is 7.54. The molecule has 0 radical (unpaired) electrons. The Kier molecular flexibility index (Phi) is 4.88. The molecule has 4 heteroatoms. The average Bonchev–Trinajstić information content (AvgIpc) is 2.95. The van der Waals surface area contributed by atoms with Crippen LogP contribution in [0.5, 0.6) is 5.75 Å². The average molecular weight is 292 g/mol. The highest BCUT2D eigenvalue weighted by Gasteiger charge is 2.30. The number of ether oxygens (including phenoxy) is 2. The van der Waals surface area contributed by atoms with Gasteiger partial charge in [-0.1, -0.05) is 32.9 Å². The first kappa shape index (κ1) is 15.8. The van der Waals surface area contributed by atoms with Crippen molar-refractivity contribution in [2.75, 3.05) is 6.61 Å². The molecule has 2 rings (SSSR count). The predicted molar refractivity (Wildman–Crippen MR) is 80.8 cm³/mol. The van der Waals surface area contributed by atoms with Gasteiger partial charge < -0.3 is 14.6 Å². The van der Waals surface area contributed by atoms with E-state index in [4.69, 9.17) is 14.6 Å². The predicted octanol–water partition coefficient (Wildman–Crippen LogP) is 3.39. The summed E-state index contributed by atoms with van der Waals surface area (Å²) in [5.41, 5.74) is 1.46. The molecular formula is C17H24O4. The maximum Gasteiger partial charge on any atom is 0.332 e. The number of hydrogen-bond acceptors (Lipinski definition) is 3. The Morgan fingerprint density at radius 1 is 1.33 bits per heavy atom. The van der Waals surface area contributed by atoms with Crippen molar-refractivity contribution in [1.82, 2.24) is 0 Å². The van der Waals surface area contributed by atoms with Gasteiger partial charge in [-0.25, -0.2) is 4.79 Å². The summed E-state index contributed by atoms with van der Waals surface area (Å²) in [7, 11) is 0. The van der Waals surface area contributed by atoms with Crippen LogP contribution >= 0.6 is 0 Å². The van der Waals surface area contributed by atoms with Crippen molar-refractivity contribution < 1.29 is 19.4 Å². The van der Waals surface area contributed by atoms with Crippen molar-refractivity contribution in [2.45, 2.75) is 57.7 Å². The van der Waals surface area contributed by atoms with Crippen molar-refractivity contribution in [3.8, 4) is 5.75 Å². The van der Waals surface area contributed by atoms with Gasteiger partial charge in [-0.3, -0.25) is 0 Å². The summed E-state index contributed by atoms with van der Waals surface area (Å²) in [6.45, 7) is 7.03. The monoisotopic (exact) mass is 292 g/mol. The summed E-state index contributed by atoms with van der Waals surface area (Å²) in [6, 6.07) is 8.12. The van der Waals surface area contributed by atoms with Gasteiger partial charge in [-0.05, 0) is 42.4 Å². The number of carboxylic acid groups (broad SMARTS) is 1. The lowest BCUT2D eigenvalue weighted by molar-refractivity contribution is -0.149. The quantitative estimate of drug-likeness (QED) is 0.873. The lowest BCUT2D eigenvalue weighted by atomic mass is 9.82. The molecule has 21 heavy (non-hydrogen) atoms. The van der Waals surface area contributed by atoms with Crippen LogP contribution in [-0.2, 0) is 14.9 Å². The van der Waals surface area contributed by atoms with E-state index in [1.807, 2.05) is 12.1 Å². The molecule has 1 aliphatic heterocycles. The molecule has 2 unspecified atom stereocenters. The van der Waals surface area contributed by atoms with Gasteiger partial charge in [0.15, 0.2) is 6.10 Å². The SMILES string of the molecule is CCC(C)(C)c1ccc(OCC2CCC(C(=O)O)O2)cc1. The molecule has 1 fully saturated rings. The molecule has 1 aromatic rings. The van der Waals surface area contributed by atoms with Crippen molar-refractivity contribution in [3.05, 3.63) is 29.8 Å². The number of rotatable bonds is 6. The van der Waals surface area contributed by atoms with E-state index >= 15 is 0 Å². The minimum atomic E-state index is -0.886. The van der Waals surface area contributed by atoms with Gasteiger partial charge in [-0.15, -0.1) is 0 Å². The van der Waals surface area contributed by atoms with E-state index in [0.29, 0.717) is 13.0 Å². The van der Waals surface area contributed by atoms with E-state index in [9.17, 15) is 4.79 Å². The minimum absolute atomic E-state index is 0.127. The zero-order valence-electron chi connectivity index (χ0n) is 13.0. The Morgan fingerprint density at radius 2 is 2.00 bits per heavy atom. The van der Waals surface area contributed by atoms with Crippen LogP contribution in [0.2, 0.25) is 0 Å². The molecule has 1 saturated heterocycles. The maximum absolute atomic E-state index is 10.8. The standard InChI is InChI=1S/C17H24O4/c1-4-17(2,3)12-5-7-13(8-6-12)20-11-14-9-10-15(21-14)16(18)19/h5-8,14-15H,4,9-11H2,1-3H3,(H,18,19). The largest absolute Gasteiger partial charge is 0.491 e. The molecule has 0 amide bonds. The first-order chi connectivity index (χ1) is 9.92. The van der Waals surface area contributed by atoms with Crippen LogP contribution in [-0.4, -0.2) is 29.9 Å². The summed E-state index contributed by atoms with van der Waals surface area (Å²) in [4.78, 5) is 10.8. The molecule has 1 N–H and O–H groups in total. The van der Waals surface area contributed by atoms with Crippen LogP contribution in [0.15, 0.2) is 24.3 Å². The third-order valence-electron chi connectivity index (χ3n) is 4.34. The summed E-state index contributed by atoms with van der Waals surface area (Å²) in [5.74, 6) is -0.0864. The van der Waals surface area contributed by atoms with Crippen LogP contribution in [0.3, 0.4) is 0 Å². The van der Waals surface area contributed by atoms with E-state index in [1.54, 1.807) is 0 Å². The van der Waals surface area contributed by atoms with Gasteiger partial charge in [0.25, 0.3) is 0 Å². The Morgan fingerprint density at radius 3 is 2.52 bits per heavy atom. The fourth-order valence-corrected chi connectivity index (χ4v) is 2.41. The van der Waals surface area contributed by atoms with Crippen molar-refractivity contribution in [1.29, 1.82) is 0 Å². The Labute approximate surface area is 126 Å². The zero-order valence-corrected chi connectivity index (χ0v) is 13.0. The molecule has 1 aromatic carbocycles. The van der Waals surface area contributed by atoms with Crippen molar-refractivity contribution in [3.63, 3.8) is 0 Å². The minimum Gasteiger partial charge on any atom is -0.491 e. The number of carbonyl (C=O) groups is 1. The zero-order chi connectivity index (χ0) is 15.5. The van der Waals surface area contributed by atoms with Gasteiger partial charge in [0.2, 0.25) is 0 Å². The molecule has 0 spiro atoms. The second-order valence-electron chi connectivity index (χ2n) is 6.24. The molecule has 0 bridgehead atoms. The highest BCUT2D eigenvalue weighted by molar-refractivity contribution is 5.72. The van der Waals surface area contributed by atoms with Gasteiger partial charge >= 0.3 is 5.97 Å². The lowest BCUT2D eigenvalue weighted by Gasteiger charge is -2.23. The summed E-state index contributed by atoms with van der Waals surface area (Å²) in [5, 5.41) is 8.88. The molecule has 4 nitrogen and oxygen atoms in total. The highest BCUT2D eigenvalue weighted by atomic mass is 16.6. The highest BCUT2D eigenvalue weighted by Crippen LogP contribution is 2.28. The molecule has 0 saturated carbocycles. The summed E-state index contributed by atoms with van der Waals surface area (Å²) < 4.78 is 11.1. The Bertz CT molecular complexity index is 478. The smallest absolute Gasteiger partial charge is 0.332 e. The number of benzene rings is 1. The van der Waals surface area contributed by atoms with Crippen LogP contribution in [0.25, 0.3) is 0 Å². The number of carboxylic acids is 1. The Balaban J connectivity index is 1.86. The first-order valence-electron chi connectivity index (χ1n) is 7.54. The van der Waals surface area contributed by atoms with Crippen molar-refractivity contribution in [2.24, 2.45) is 0 Å². The number of aliphatic carboxylic acids is 1. The van der Waals surface area contributed by atoms with E-state index < -0.39 is 12.1 Å². The summed E-state index contributed by atoms with van der Waals surface area (Å²) >= 11 is 0. The van der Waals surface area contributed by atoms with Crippen LogP contribution in [0, 0.1) is 0 Å². The van der Waals surface area contributed by atoms with E-state index in [2.05, 4.69) is 32.9 Å². The topological polar surface area (TPSA) is 55.8 Å².